The minimum atomic E-state index is 0.432. The fourth-order valence-corrected chi connectivity index (χ4v) is 2.66. The molecular weight excluding hydrogens is 270 g/mol. The van der Waals surface area contributed by atoms with E-state index < -0.39 is 0 Å². The summed E-state index contributed by atoms with van der Waals surface area (Å²) in [5.74, 6) is 1.38. The number of nitrogens with zero attached hydrogens (tertiary/aromatic N) is 1. The van der Waals surface area contributed by atoms with Gasteiger partial charge in [-0.3, -0.25) is 0 Å². The van der Waals surface area contributed by atoms with Gasteiger partial charge in [-0.25, -0.2) is 0 Å². The first kappa shape index (κ1) is 16.6. The highest BCUT2D eigenvalue weighted by Crippen LogP contribution is 2.22. The molecule has 0 aliphatic rings. The third-order valence-electron chi connectivity index (χ3n) is 4.15. The van der Waals surface area contributed by atoms with Gasteiger partial charge in [-0.1, -0.05) is 62.4 Å². The van der Waals surface area contributed by atoms with Crippen molar-refractivity contribution in [2.24, 2.45) is 0 Å². The molecule has 22 heavy (non-hydrogen) atoms. The van der Waals surface area contributed by atoms with Crippen LogP contribution in [0.3, 0.4) is 0 Å². The van der Waals surface area contributed by atoms with E-state index in [9.17, 15) is 0 Å². The third kappa shape index (κ3) is 5.19. The zero-order valence-electron chi connectivity index (χ0n) is 13.7. The highest BCUT2D eigenvalue weighted by Gasteiger charge is 2.14. The van der Waals surface area contributed by atoms with E-state index in [1.54, 1.807) is 0 Å². The van der Waals surface area contributed by atoms with Crippen LogP contribution in [0.1, 0.15) is 31.7 Å². The maximum atomic E-state index is 6.00. The van der Waals surface area contributed by atoms with Gasteiger partial charge in [-0.15, -0.1) is 0 Å². The molecule has 2 nitrogen and oxygen atoms in total. The molecule has 0 N–H and O–H groups in total. The summed E-state index contributed by atoms with van der Waals surface area (Å²) in [6.07, 6.45) is 1.12. The van der Waals surface area contributed by atoms with Gasteiger partial charge in [-0.05, 0) is 43.8 Å². The van der Waals surface area contributed by atoms with E-state index in [0.29, 0.717) is 5.92 Å². The first-order valence-corrected chi connectivity index (χ1v) is 8.28. The van der Waals surface area contributed by atoms with Crippen molar-refractivity contribution < 1.29 is 4.74 Å². The molecule has 2 heteroatoms. The van der Waals surface area contributed by atoms with E-state index in [1.165, 1.54) is 5.56 Å². The molecule has 2 rings (SSSR count). The lowest BCUT2D eigenvalue weighted by Gasteiger charge is -2.23. The van der Waals surface area contributed by atoms with Crippen LogP contribution in [0, 0.1) is 0 Å². The van der Waals surface area contributed by atoms with Crippen molar-refractivity contribution in [1.82, 2.24) is 4.90 Å². The fraction of sp³-hybridized carbons (Fsp3) is 0.400. The van der Waals surface area contributed by atoms with Crippen LogP contribution in [-0.4, -0.2) is 31.1 Å². The molecule has 0 heterocycles. The molecule has 1 unspecified atom stereocenters. The monoisotopic (exact) mass is 297 g/mol. The van der Waals surface area contributed by atoms with Crippen LogP contribution in [0.2, 0.25) is 0 Å². The van der Waals surface area contributed by atoms with Crippen molar-refractivity contribution in [2.75, 3.05) is 26.2 Å². The summed E-state index contributed by atoms with van der Waals surface area (Å²) in [7, 11) is 0. The normalized spacial score (nSPS) is 12.3. The molecule has 0 aliphatic heterocycles. The lowest BCUT2D eigenvalue weighted by Crippen LogP contribution is -2.26. The second kappa shape index (κ2) is 9.26. The SMILES string of the molecule is CCN(CC)CCC(COc1ccccc1)c1ccccc1. The van der Waals surface area contributed by atoms with Crippen molar-refractivity contribution in [3.05, 3.63) is 66.2 Å². The van der Waals surface area contributed by atoms with E-state index in [2.05, 4.69) is 49.1 Å². The first-order chi connectivity index (χ1) is 10.8. The zero-order chi connectivity index (χ0) is 15.6. The van der Waals surface area contributed by atoms with Gasteiger partial charge in [0.25, 0.3) is 0 Å². The van der Waals surface area contributed by atoms with Gasteiger partial charge in [0.05, 0.1) is 6.61 Å². The molecule has 0 amide bonds. The van der Waals surface area contributed by atoms with Crippen LogP contribution >= 0.6 is 0 Å². The molecule has 0 bridgehead atoms. The Morgan fingerprint density at radius 3 is 2.05 bits per heavy atom. The van der Waals surface area contributed by atoms with Gasteiger partial charge in [0.15, 0.2) is 0 Å². The highest BCUT2D eigenvalue weighted by atomic mass is 16.5. The Kier molecular flexibility index (Phi) is 6.98. The molecule has 0 spiro atoms. The molecule has 0 radical (unpaired) electrons. The van der Waals surface area contributed by atoms with E-state index in [1.807, 2.05) is 30.3 Å². The summed E-state index contributed by atoms with van der Waals surface area (Å²) >= 11 is 0. The Morgan fingerprint density at radius 2 is 1.45 bits per heavy atom. The Bertz CT molecular complexity index is 508. The molecule has 0 aliphatic carbocycles. The zero-order valence-corrected chi connectivity index (χ0v) is 13.7. The average molecular weight is 297 g/mol. The van der Waals surface area contributed by atoms with Crippen molar-refractivity contribution in [3.8, 4) is 5.75 Å². The lowest BCUT2D eigenvalue weighted by molar-refractivity contribution is 0.245. The second-order valence-corrected chi connectivity index (χ2v) is 5.55. The summed E-state index contributed by atoms with van der Waals surface area (Å²) in [6, 6.07) is 20.8. The average Bonchev–Trinajstić information content (AvgIpc) is 2.60. The van der Waals surface area contributed by atoms with Crippen LogP contribution < -0.4 is 4.74 Å². The Morgan fingerprint density at radius 1 is 0.864 bits per heavy atom. The Labute approximate surface area is 134 Å². The maximum absolute atomic E-state index is 6.00. The van der Waals surface area contributed by atoms with Crippen molar-refractivity contribution in [1.29, 1.82) is 0 Å². The van der Waals surface area contributed by atoms with E-state index >= 15 is 0 Å². The molecular formula is C20H27NO. The summed E-state index contributed by atoms with van der Waals surface area (Å²) in [5.41, 5.74) is 1.37. The van der Waals surface area contributed by atoms with E-state index in [4.69, 9.17) is 4.74 Å². The highest BCUT2D eigenvalue weighted by molar-refractivity contribution is 5.23. The number of benzene rings is 2. The van der Waals surface area contributed by atoms with Crippen LogP contribution in [0.25, 0.3) is 0 Å². The van der Waals surface area contributed by atoms with E-state index in [-0.39, 0.29) is 0 Å². The van der Waals surface area contributed by atoms with Crippen LogP contribution in [0.4, 0.5) is 0 Å². The first-order valence-electron chi connectivity index (χ1n) is 8.28. The molecule has 1 atom stereocenters. The molecule has 0 fully saturated rings. The lowest BCUT2D eigenvalue weighted by atomic mass is 9.96. The van der Waals surface area contributed by atoms with Gasteiger partial charge in [0.2, 0.25) is 0 Å². The number of para-hydroxylation sites is 1. The summed E-state index contributed by atoms with van der Waals surface area (Å²) in [4.78, 5) is 2.47. The van der Waals surface area contributed by atoms with Crippen molar-refractivity contribution >= 4 is 0 Å². The van der Waals surface area contributed by atoms with Gasteiger partial charge in [0, 0.05) is 5.92 Å². The van der Waals surface area contributed by atoms with Crippen molar-refractivity contribution in [2.45, 2.75) is 26.2 Å². The standard InChI is InChI=1S/C20H27NO/c1-3-21(4-2)16-15-19(18-11-7-5-8-12-18)17-22-20-13-9-6-10-14-20/h5-14,19H,3-4,15-17H2,1-2H3. The number of rotatable bonds is 9. The predicted molar refractivity (Wildman–Crippen MR) is 93.5 cm³/mol. The minimum Gasteiger partial charge on any atom is -0.493 e. The quantitative estimate of drug-likeness (QED) is 0.671. The summed E-state index contributed by atoms with van der Waals surface area (Å²) < 4.78 is 6.00. The molecule has 0 aromatic heterocycles. The van der Waals surface area contributed by atoms with Crippen LogP contribution in [0.5, 0.6) is 5.75 Å². The van der Waals surface area contributed by atoms with E-state index in [0.717, 1.165) is 38.4 Å². The Balaban J connectivity index is 1.98. The minimum absolute atomic E-state index is 0.432. The van der Waals surface area contributed by atoms with Crippen LogP contribution in [-0.2, 0) is 0 Å². The van der Waals surface area contributed by atoms with Gasteiger partial charge in [0.1, 0.15) is 5.75 Å². The molecule has 0 saturated carbocycles. The third-order valence-corrected chi connectivity index (χ3v) is 4.15. The fourth-order valence-electron chi connectivity index (χ4n) is 2.66. The number of hydrogen-bond acceptors (Lipinski definition) is 2. The van der Waals surface area contributed by atoms with Gasteiger partial charge >= 0.3 is 0 Å². The maximum Gasteiger partial charge on any atom is 0.119 e. The van der Waals surface area contributed by atoms with Crippen LogP contribution in [0.15, 0.2) is 60.7 Å². The molecule has 2 aromatic rings. The molecule has 2 aromatic carbocycles. The van der Waals surface area contributed by atoms with Gasteiger partial charge < -0.3 is 9.64 Å². The number of ether oxygens (including phenoxy) is 1. The summed E-state index contributed by atoms with van der Waals surface area (Å²) in [6.45, 7) is 8.51. The smallest absolute Gasteiger partial charge is 0.119 e. The topological polar surface area (TPSA) is 12.5 Å². The van der Waals surface area contributed by atoms with Gasteiger partial charge in [-0.2, -0.15) is 0 Å². The summed E-state index contributed by atoms with van der Waals surface area (Å²) in [5, 5.41) is 0. The van der Waals surface area contributed by atoms with Crippen molar-refractivity contribution in [3.63, 3.8) is 0 Å². The molecule has 0 saturated heterocycles. The predicted octanol–water partition coefficient (Wildman–Crippen LogP) is 4.58. The second-order valence-electron chi connectivity index (χ2n) is 5.55. The largest absolute Gasteiger partial charge is 0.493 e. The Hall–Kier alpha value is -1.80. The number of hydrogen-bond donors (Lipinski definition) is 0. The molecule has 118 valence electrons.